The Bertz CT molecular complexity index is 967. The first-order valence-electron chi connectivity index (χ1n) is 10.2. The first-order chi connectivity index (χ1) is 13.4. The quantitative estimate of drug-likeness (QED) is 0.641. The average molecular weight is 381 g/mol. The third kappa shape index (κ3) is 3.63. The van der Waals surface area contributed by atoms with Crippen molar-refractivity contribution in [1.82, 2.24) is 14.5 Å². The van der Waals surface area contributed by atoms with Gasteiger partial charge in [0.2, 0.25) is 0 Å². The van der Waals surface area contributed by atoms with Gasteiger partial charge in [-0.2, -0.15) is 0 Å². The highest BCUT2D eigenvalue weighted by Crippen LogP contribution is 2.33. The van der Waals surface area contributed by atoms with Crippen molar-refractivity contribution in [3.63, 3.8) is 0 Å². The largest absolute Gasteiger partial charge is 0.392 e. The zero-order valence-electron chi connectivity index (χ0n) is 18.0. The topological polar surface area (TPSA) is 54.2 Å². The Balaban J connectivity index is 2.26. The van der Waals surface area contributed by atoms with Crippen LogP contribution in [0.3, 0.4) is 0 Å². The highest BCUT2D eigenvalue weighted by molar-refractivity contribution is 5.92. The van der Waals surface area contributed by atoms with Crippen LogP contribution in [0.4, 0.5) is 5.82 Å². The number of aliphatic hydroxyl groups excluding tert-OH is 1. The Kier molecular flexibility index (Phi) is 6.04. The number of aliphatic hydroxyl groups is 1. The molecule has 0 fully saturated rings. The Labute approximate surface area is 168 Å². The van der Waals surface area contributed by atoms with Gasteiger partial charge in [-0.15, -0.1) is 0 Å². The summed E-state index contributed by atoms with van der Waals surface area (Å²) < 4.78 is 2.20. The van der Waals surface area contributed by atoms with Crippen molar-refractivity contribution in [2.45, 2.75) is 61.0 Å². The molecule has 0 unspecified atom stereocenters. The minimum Gasteiger partial charge on any atom is -0.392 e. The minimum absolute atomic E-state index is 0.0573. The lowest BCUT2D eigenvalue weighted by molar-refractivity contribution is 0.281. The molecule has 3 rings (SSSR count). The molecule has 0 atom stereocenters. The van der Waals surface area contributed by atoms with Crippen LogP contribution in [0.15, 0.2) is 18.3 Å². The van der Waals surface area contributed by atoms with Crippen molar-refractivity contribution < 1.29 is 5.11 Å². The number of anilines is 1. The summed E-state index contributed by atoms with van der Waals surface area (Å²) in [5.74, 6) is 1.83. The zero-order valence-corrected chi connectivity index (χ0v) is 18.0. The SMILES string of the molecule is CCCCN(CC)c1nc(C)nc2c1c(C)cn2-c1c(C)cc(CO)cc1C. The van der Waals surface area contributed by atoms with Gasteiger partial charge in [-0.05, 0) is 63.3 Å². The van der Waals surface area contributed by atoms with E-state index in [0.717, 1.165) is 64.6 Å². The number of aryl methyl sites for hydroxylation is 4. The summed E-state index contributed by atoms with van der Waals surface area (Å²) in [6.45, 7) is 14.7. The highest BCUT2D eigenvalue weighted by Gasteiger charge is 2.20. The van der Waals surface area contributed by atoms with Gasteiger partial charge in [-0.1, -0.05) is 25.5 Å². The first-order valence-corrected chi connectivity index (χ1v) is 10.2. The van der Waals surface area contributed by atoms with E-state index in [0.29, 0.717) is 0 Å². The first kappa shape index (κ1) is 20.3. The molecule has 0 bridgehead atoms. The summed E-state index contributed by atoms with van der Waals surface area (Å²) in [5.41, 5.74) is 6.49. The van der Waals surface area contributed by atoms with Crippen LogP contribution >= 0.6 is 0 Å². The molecule has 1 N–H and O–H groups in total. The predicted octanol–water partition coefficient (Wildman–Crippen LogP) is 4.77. The molecule has 5 heteroatoms. The Morgan fingerprint density at radius 3 is 2.25 bits per heavy atom. The summed E-state index contributed by atoms with van der Waals surface area (Å²) in [4.78, 5) is 12.0. The zero-order chi connectivity index (χ0) is 20.4. The number of rotatable bonds is 7. The fraction of sp³-hybridized carbons (Fsp3) is 0.478. The van der Waals surface area contributed by atoms with Gasteiger partial charge in [0, 0.05) is 19.3 Å². The lowest BCUT2D eigenvalue weighted by Crippen LogP contribution is -2.25. The molecule has 0 radical (unpaired) electrons. The maximum Gasteiger partial charge on any atom is 0.150 e. The fourth-order valence-electron chi connectivity index (χ4n) is 4.07. The molecule has 0 aliphatic rings. The lowest BCUT2D eigenvalue weighted by atomic mass is 10.0. The van der Waals surface area contributed by atoms with E-state index in [4.69, 9.17) is 9.97 Å². The molecule has 5 nitrogen and oxygen atoms in total. The number of unbranched alkanes of at least 4 members (excludes halogenated alkanes) is 1. The van der Waals surface area contributed by atoms with E-state index in [1.807, 2.05) is 6.92 Å². The van der Waals surface area contributed by atoms with Gasteiger partial charge in [-0.25, -0.2) is 9.97 Å². The summed E-state index contributed by atoms with van der Waals surface area (Å²) in [5, 5.41) is 10.7. The Morgan fingerprint density at radius 2 is 1.68 bits per heavy atom. The van der Waals surface area contributed by atoms with E-state index in [1.165, 1.54) is 12.0 Å². The van der Waals surface area contributed by atoms with Crippen molar-refractivity contribution in [1.29, 1.82) is 0 Å². The number of aromatic nitrogens is 3. The second-order valence-electron chi connectivity index (χ2n) is 7.64. The molecule has 1 aromatic carbocycles. The third-order valence-corrected chi connectivity index (χ3v) is 5.37. The highest BCUT2D eigenvalue weighted by atomic mass is 16.3. The molecule has 0 saturated heterocycles. The normalized spacial score (nSPS) is 11.4. The standard InChI is InChI=1S/C23H32N4O/c1-7-9-10-26(8-2)22-20-17(5)13-27(23(20)25-18(6)24-22)21-15(3)11-19(14-28)12-16(21)4/h11-13,28H,7-10,14H2,1-6H3. The molecule has 0 amide bonds. The summed E-state index contributed by atoms with van der Waals surface area (Å²) in [7, 11) is 0. The molecule has 0 aliphatic carbocycles. The maximum absolute atomic E-state index is 9.52. The number of hydrogen-bond acceptors (Lipinski definition) is 4. The van der Waals surface area contributed by atoms with E-state index in [1.54, 1.807) is 0 Å². The number of hydrogen-bond donors (Lipinski definition) is 1. The monoisotopic (exact) mass is 380 g/mol. The minimum atomic E-state index is 0.0573. The smallest absolute Gasteiger partial charge is 0.150 e. The predicted molar refractivity (Wildman–Crippen MR) is 117 cm³/mol. The molecule has 2 heterocycles. The second kappa shape index (κ2) is 8.31. The van der Waals surface area contributed by atoms with Gasteiger partial charge in [-0.3, -0.25) is 0 Å². The molecular weight excluding hydrogens is 348 g/mol. The van der Waals surface area contributed by atoms with Crippen LogP contribution in [0.25, 0.3) is 16.7 Å². The van der Waals surface area contributed by atoms with E-state index >= 15 is 0 Å². The molecule has 2 aromatic heterocycles. The number of fused-ring (bicyclic) bond motifs is 1. The molecule has 0 aliphatic heterocycles. The van der Waals surface area contributed by atoms with Crippen molar-refractivity contribution in [3.8, 4) is 5.69 Å². The molecular formula is C23H32N4O. The second-order valence-corrected chi connectivity index (χ2v) is 7.64. The average Bonchev–Trinajstić information content (AvgIpc) is 2.97. The molecule has 3 aromatic rings. The molecule has 28 heavy (non-hydrogen) atoms. The summed E-state index contributed by atoms with van der Waals surface area (Å²) >= 11 is 0. The van der Waals surface area contributed by atoms with E-state index in [2.05, 4.69) is 62.4 Å². The fourth-order valence-corrected chi connectivity index (χ4v) is 4.07. The van der Waals surface area contributed by atoms with E-state index in [-0.39, 0.29) is 6.61 Å². The maximum atomic E-state index is 9.52. The van der Waals surface area contributed by atoms with Crippen LogP contribution < -0.4 is 4.90 Å². The van der Waals surface area contributed by atoms with Gasteiger partial charge in [0.1, 0.15) is 11.6 Å². The van der Waals surface area contributed by atoms with Crippen LogP contribution in [-0.2, 0) is 6.61 Å². The number of nitrogens with zero attached hydrogens (tertiary/aromatic N) is 4. The van der Waals surface area contributed by atoms with Gasteiger partial charge in [0.25, 0.3) is 0 Å². The van der Waals surface area contributed by atoms with Crippen molar-refractivity contribution in [3.05, 3.63) is 46.4 Å². The van der Waals surface area contributed by atoms with Crippen molar-refractivity contribution in [2.75, 3.05) is 18.0 Å². The van der Waals surface area contributed by atoms with Gasteiger partial charge in [0.05, 0.1) is 17.7 Å². The van der Waals surface area contributed by atoms with Crippen molar-refractivity contribution in [2.24, 2.45) is 0 Å². The van der Waals surface area contributed by atoms with Crippen LogP contribution in [-0.4, -0.2) is 32.7 Å². The van der Waals surface area contributed by atoms with Crippen LogP contribution in [0, 0.1) is 27.7 Å². The van der Waals surface area contributed by atoms with Crippen LogP contribution in [0.1, 0.15) is 54.8 Å². The number of benzene rings is 1. The van der Waals surface area contributed by atoms with E-state index < -0.39 is 0 Å². The molecule has 150 valence electrons. The third-order valence-electron chi connectivity index (χ3n) is 5.37. The lowest BCUT2D eigenvalue weighted by Gasteiger charge is -2.23. The van der Waals surface area contributed by atoms with Gasteiger partial charge >= 0.3 is 0 Å². The van der Waals surface area contributed by atoms with E-state index in [9.17, 15) is 5.11 Å². The Morgan fingerprint density at radius 1 is 1.00 bits per heavy atom. The molecule has 0 spiro atoms. The van der Waals surface area contributed by atoms with Crippen LogP contribution in [0.5, 0.6) is 0 Å². The summed E-state index contributed by atoms with van der Waals surface area (Å²) in [6, 6.07) is 4.11. The van der Waals surface area contributed by atoms with Crippen LogP contribution in [0.2, 0.25) is 0 Å². The summed E-state index contributed by atoms with van der Waals surface area (Å²) in [6.07, 6.45) is 4.49. The van der Waals surface area contributed by atoms with Gasteiger partial charge in [0.15, 0.2) is 5.65 Å². The molecule has 0 saturated carbocycles. The van der Waals surface area contributed by atoms with Crippen molar-refractivity contribution >= 4 is 16.9 Å². The van der Waals surface area contributed by atoms with Gasteiger partial charge < -0.3 is 14.6 Å². The Hall–Kier alpha value is -2.40.